The lowest BCUT2D eigenvalue weighted by atomic mass is 9.87. The molecule has 4 rings (SSSR count). The molecule has 0 radical (unpaired) electrons. The fourth-order valence-corrected chi connectivity index (χ4v) is 5.68. The number of carbonyl (C=O) groups excluding carboxylic acids is 3. The van der Waals surface area contributed by atoms with Gasteiger partial charge in [-0.05, 0) is 82.8 Å². The van der Waals surface area contributed by atoms with Crippen LogP contribution in [0.5, 0.6) is 11.5 Å². The highest BCUT2D eigenvalue weighted by Gasteiger charge is 2.41. The SMILES string of the molecule is COc1cc(C=O)cc(I)c1O[C@H]1C=C(C(=O)NCCO)C[C@@H](N(Cc2ccc(F)cc2)C(=O)c2ccc(C(F)(F)F)cc2)[C@@H]1O. The lowest BCUT2D eigenvalue weighted by Gasteiger charge is -2.40. The summed E-state index contributed by atoms with van der Waals surface area (Å²) >= 11 is 1.91. The summed E-state index contributed by atoms with van der Waals surface area (Å²) in [5.41, 5.74) is -0.260. The second-order valence-corrected chi connectivity index (χ2v) is 11.5. The zero-order valence-electron chi connectivity index (χ0n) is 24.3. The van der Waals surface area contributed by atoms with Gasteiger partial charge in [0.15, 0.2) is 11.5 Å². The molecule has 9 nitrogen and oxygen atoms in total. The Kier molecular flexibility index (Phi) is 11.4. The number of benzene rings is 3. The molecule has 46 heavy (non-hydrogen) atoms. The number of nitrogens with one attached hydrogen (secondary N) is 1. The predicted molar refractivity (Wildman–Crippen MR) is 166 cm³/mol. The summed E-state index contributed by atoms with van der Waals surface area (Å²) in [7, 11) is 1.35. The second kappa shape index (κ2) is 15.0. The van der Waals surface area contributed by atoms with Gasteiger partial charge >= 0.3 is 6.18 Å². The van der Waals surface area contributed by atoms with Crippen molar-refractivity contribution in [3.63, 3.8) is 0 Å². The molecule has 0 aromatic heterocycles. The summed E-state index contributed by atoms with van der Waals surface area (Å²) in [5, 5.41) is 23.5. The van der Waals surface area contributed by atoms with Crippen LogP contribution >= 0.6 is 22.6 Å². The van der Waals surface area contributed by atoms with Gasteiger partial charge in [-0.1, -0.05) is 12.1 Å². The van der Waals surface area contributed by atoms with Crippen LogP contribution in [0.1, 0.15) is 38.3 Å². The molecule has 0 saturated carbocycles. The molecule has 3 N–H and O–H groups in total. The number of aldehydes is 1. The first kappa shape index (κ1) is 34.8. The largest absolute Gasteiger partial charge is 0.493 e. The number of hydrogen-bond acceptors (Lipinski definition) is 7. The third kappa shape index (κ3) is 8.22. The van der Waals surface area contributed by atoms with Crippen LogP contribution in [-0.2, 0) is 17.5 Å². The zero-order valence-corrected chi connectivity index (χ0v) is 26.4. The normalized spacial score (nSPS) is 17.9. The number of hydrogen-bond donors (Lipinski definition) is 3. The minimum atomic E-state index is -4.64. The number of alkyl halides is 3. The second-order valence-electron chi connectivity index (χ2n) is 10.3. The standard InChI is InChI=1S/C32H29F4IN2O7/c1-45-27-13-19(17-41)12-24(37)29(27)46-26-15-21(30(43)38-10-11-40)14-25(28(26)42)39(16-18-2-8-23(33)9-3-18)31(44)20-4-6-22(7-5-20)32(34,35)36/h2-9,12-13,15,17,25-26,28,40,42H,10-11,14,16H2,1H3,(H,38,43)/t25-,26+,28+/m1/s1. The summed E-state index contributed by atoms with van der Waals surface area (Å²) in [6.45, 7) is -0.654. The topological polar surface area (TPSA) is 125 Å². The van der Waals surface area contributed by atoms with Crippen molar-refractivity contribution in [2.45, 2.75) is 37.4 Å². The molecule has 0 spiro atoms. The van der Waals surface area contributed by atoms with E-state index < -0.39 is 47.6 Å². The van der Waals surface area contributed by atoms with Crippen LogP contribution in [0.25, 0.3) is 0 Å². The highest BCUT2D eigenvalue weighted by molar-refractivity contribution is 14.1. The fraction of sp³-hybridized carbons (Fsp3) is 0.281. The fourth-order valence-electron chi connectivity index (χ4n) is 4.93. The lowest BCUT2D eigenvalue weighted by Crippen LogP contribution is -2.54. The number of aliphatic hydroxyl groups is 2. The van der Waals surface area contributed by atoms with E-state index in [1.54, 1.807) is 0 Å². The van der Waals surface area contributed by atoms with Crippen LogP contribution < -0.4 is 14.8 Å². The Morgan fingerprint density at radius 3 is 2.37 bits per heavy atom. The van der Waals surface area contributed by atoms with E-state index in [9.17, 15) is 42.2 Å². The lowest BCUT2D eigenvalue weighted by molar-refractivity contribution is -0.137. The molecule has 3 atom stereocenters. The predicted octanol–water partition coefficient (Wildman–Crippen LogP) is 4.53. The summed E-state index contributed by atoms with van der Waals surface area (Å²) in [6, 6.07) is 10.5. The van der Waals surface area contributed by atoms with Crippen molar-refractivity contribution in [1.82, 2.24) is 10.2 Å². The van der Waals surface area contributed by atoms with Gasteiger partial charge in [-0.2, -0.15) is 13.2 Å². The number of carbonyl (C=O) groups is 3. The van der Waals surface area contributed by atoms with E-state index in [-0.39, 0.29) is 48.8 Å². The molecule has 1 aliphatic carbocycles. The molecule has 0 aliphatic heterocycles. The van der Waals surface area contributed by atoms with E-state index in [0.29, 0.717) is 21.0 Å². The maximum atomic E-state index is 14.0. The van der Waals surface area contributed by atoms with Crippen molar-refractivity contribution in [2.75, 3.05) is 20.3 Å². The number of nitrogens with zero attached hydrogens (tertiary/aromatic N) is 1. The van der Waals surface area contributed by atoms with Crippen LogP contribution in [-0.4, -0.2) is 71.7 Å². The molecular weight excluding hydrogens is 727 g/mol. The van der Waals surface area contributed by atoms with E-state index >= 15 is 0 Å². The third-order valence-corrected chi connectivity index (χ3v) is 8.04. The Balaban J connectivity index is 1.78. The smallest absolute Gasteiger partial charge is 0.416 e. The van der Waals surface area contributed by atoms with Gasteiger partial charge in [-0.25, -0.2) is 4.39 Å². The van der Waals surface area contributed by atoms with Crippen LogP contribution in [0.4, 0.5) is 17.6 Å². The van der Waals surface area contributed by atoms with E-state index in [1.807, 2.05) is 22.6 Å². The Hall–Kier alpha value is -4.02. The van der Waals surface area contributed by atoms with Crippen molar-refractivity contribution in [1.29, 1.82) is 0 Å². The average Bonchev–Trinajstić information content (AvgIpc) is 3.04. The summed E-state index contributed by atoms with van der Waals surface area (Å²) < 4.78 is 65.4. The van der Waals surface area contributed by atoms with Gasteiger partial charge in [0.05, 0.1) is 28.9 Å². The molecule has 244 valence electrons. The van der Waals surface area contributed by atoms with Gasteiger partial charge in [-0.3, -0.25) is 14.4 Å². The minimum absolute atomic E-state index is 0.0857. The van der Waals surface area contributed by atoms with Crippen molar-refractivity contribution in [3.8, 4) is 11.5 Å². The van der Waals surface area contributed by atoms with Gasteiger partial charge in [-0.15, -0.1) is 0 Å². The molecule has 0 heterocycles. The monoisotopic (exact) mass is 756 g/mol. The maximum absolute atomic E-state index is 14.0. The summed E-state index contributed by atoms with van der Waals surface area (Å²) in [5.74, 6) is -1.61. The molecule has 0 saturated heterocycles. The molecule has 2 amide bonds. The van der Waals surface area contributed by atoms with E-state index in [0.717, 1.165) is 24.3 Å². The molecule has 0 fully saturated rings. The van der Waals surface area contributed by atoms with Crippen LogP contribution in [0.15, 0.2) is 72.3 Å². The Labute approximate surface area is 274 Å². The number of amides is 2. The van der Waals surface area contributed by atoms with Gasteiger partial charge < -0.3 is 29.9 Å². The molecule has 3 aromatic carbocycles. The molecule has 0 unspecified atom stereocenters. The van der Waals surface area contributed by atoms with Crippen molar-refractivity contribution >= 4 is 40.7 Å². The molecular formula is C32H29F4IN2O7. The third-order valence-electron chi connectivity index (χ3n) is 7.24. The number of methoxy groups -OCH3 is 1. The van der Waals surface area contributed by atoms with Gasteiger partial charge in [0.2, 0.25) is 5.91 Å². The van der Waals surface area contributed by atoms with Crippen molar-refractivity contribution in [2.24, 2.45) is 0 Å². The molecule has 3 aromatic rings. The van der Waals surface area contributed by atoms with Gasteiger partial charge in [0.1, 0.15) is 24.3 Å². The van der Waals surface area contributed by atoms with Crippen LogP contribution in [0.3, 0.4) is 0 Å². The zero-order chi connectivity index (χ0) is 33.6. The quantitative estimate of drug-likeness (QED) is 0.149. The molecule has 1 aliphatic rings. The minimum Gasteiger partial charge on any atom is -0.493 e. The maximum Gasteiger partial charge on any atom is 0.416 e. The highest BCUT2D eigenvalue weighted by atomic mass is 127. The van der Waals surface area contributed by atoms with Crippen LogP contribution in [0, 0.1) is 9.39 Å². The van der Waals surface area contributed by atoms with Crippen LogP contribution in [0.2, 0.25) is 0 Å². The van der Waals surface area contributed by atoms with E-state index in [1.165, 1.54) is 54.5 Å². The molecule has 0 bridgehead atoms. The van der Waals surface area contributed by atoms with Crippen molar-refractivity contribution in [3.05, 3.63) is 104 Å². The first-order chi connectivity index (χ1) is 21.9. The Bertz CT molecular complexity index is 1600. The van der Waals surface area contributed by atoms with Gasteiger partial charge in [0.25, 0.3) is 5.91 Å². The highest BCUT2D eigenvalue weighted by Crippen LogP contribution is 2.37. The number of ether oxygens (including phenoxy) is 2. The number of halogens is 5. The summed E-state index contributed by atoms with van der Waals surface area (Å²) in [4.78, 5) is 39.7. The Morgan fingerprint density at radius 2 is 1.78 bits per heavy atom. The van der Waals surface area contributed by atoms with Crippen molar-refractivity contribution < 1.29 is 51.6 Å². The van der Waals surface area contributed by atoms with Gasteiger partial charge in [0, 0.05) is 36.2 Å². The average molecular weight is 756 g/mol. The van der Waals surface area contributed by atoms with E-state index in [4.69, 9.17) is 9.47 Å². The first-order valence-corrected chi connectivity index (χ1v) is 14.9. The number of rotatable bonds is 11. The molecule has 14 heteroatoms. The Morgan fingerprint density at radius 1 is 1.11 bits per heavy atom. The van der Waals surface area contributed by atoms with E-state index in [2.05, 4.69) is 5.32 Å². The number of aliphatic hydroxyl groups excluding tert-OH is 2. The summed E-state index contributed by atoms with van der Waals surface area (Å²) in [6.07, 6.45) is -5.62. The first-order valence-electron chi connectivity index (χ1n) is 13.9.